The number of carbonyl (C=O) groups is 2. The molecule has 1 saturated heterocycles. The predicted molar refractivity (Wildman–Crippen MR) is 151 cm³/mol. The first kappa shape index (κ1) is 30.5. The molecule has 1 heterocycles. The maximum absolute atomic E-state index is 13.2. The molecule has 1 saturated carbocycles. The van der Waals surface area contributed by atoms with E-state index >= 15 is 0 Å². The largest absolute Gasteiger partial charge is 0.504 e. The first-order chi connectivity index (χ1) is 19.2. The number of methoxy groups -OCH3 is 1. The zero-order chi connectivity index (χ0) is 28.8. The van der Waals surface area contributed by atoms with Crippen LogP contribution in [0.4, 0.5) is 0 Å². The Morgan fingerprint density at radius 2 is 1.90 bits per heavy atom. The summed E-state index contributed by atoms with van der Waals surface area (Å²) >= 11 is 0. The Bertz CT molecular complexity index is 1110. The number of benzene rings is 1. The second kappa shape index (κ2) is 14.0. The van der Waals surface area contributed by atoms with Gasteiger partial charge >= 0.3 is 0 Å². The SMILES string of the molecule is COc1cc2c(cc1O)[C@H](C[C@H](O)[C@H](C)O)C#C[C@H]([C@H](O)CCCC[C@@H]1CN[C@@H]3CC(=O)CC[C@@H]3C1)C(=O)CC2. The first-order valence-corrected chi connectivity index (χ1v) is 14.9. The topological polar surface area (TPSA) is 136 Å². The summed E-state index contributed by atoms with van der Waals surface area (Å²) in [6, 6.07) is 3.61. The van der Waals surface area contributed by atoms with Crippen molar-refractivity contribution < 1.29 is 34.8 Å². The molecule has 8 atom stereocenters. The van der Waals surface area contributed by atoms with Gasteiger partial charge in [0.1, 0.15) is 11.7 Å². The lowest BCUT2D eigenvalue weighted by Gasteiger charge is -2.39. The number of aryl methyl sites for hydroxylation is 1. The number of piperidine rings is 1. The fraction of sp³-hybridized carbons (Fsp3) is 0.688. The highest BCUT2D eigenvalue weighted by molar-refractivity contribution is 5.85. The van der Waals surface area contributed by atoms with Gasteiger partial charge in [0.25, 0.3) is 0 Å². The summed E-state index contributed by atoms with van der Waals surface area (Å²) in [4.78, 5) is 24.9. The van der Waals surface area contributed by atoms with Gasteiger partial charge in [-0.2, -0.15) is 0 Å². The average Bonchev–Trinajstić information content (AvgIpc) is 2.99. The third-order valence-electron chi connectivity index (χ3n) is 9.11. The number of unbranched alkanes of at least 4 members (excludes halogenated alkanes) is 1. The lowest BCUT2D eigenvalue weighted by Crippen LogP contribution is -2.48. The molecule has 0 unspecified atom stereocenters. The van der Waals surface area contributed by atoms with Gasteiger partial charge in [0.2, 0.25) is 0 Å². The Balaban J connectivity index is 1.38. The smallest absolute Gasteiger partial charge is 0.160 e. The number of aromatic hydroxyl groups is 1. The van der Waals surface area contributed by atoms with Gasteiger partial charge in [-0.25, -0.2) is 0 Å². The molecule has 5 N–H and O–H groups in total. The van der Waals surface area contributed by atoms with Gasteiger partial charge in [-0.3, -0.25) is 9.59 Å². The molecule has 220 valence electrons. The number of hydrogen-bond donors (Lipinski definition) is 5. The highest BCUT2D eigenvalue weighted by Crippen LogP contribution is 2.37. The predicted octanol–water partition coefficient (Wildman–Crippen LogP) is 3.02. The lowest BCUT2D eigenvalue weighted by atomic mass is 9.74. The highest BCUT2D eigenvalue weighted by atomic mass is 16.5. The zero-order valence-corrected chi connectivity index (χ0v) is 23.8. The Morgan fingerprint density at radius 3 is 2.65 bits per heavy atom. The first-order valence-electron chi connectivity index (χ1n) is 14.9. The number of nitrogens with one attached hydrogen (secondary N) is 1. The van der Waals surface area contributed by atoms with Gasteiger partial charge in [0.15, 0.2) is 17.3 Å². The quantitative estimate of drug-likeness (QED) is 0.220. The standard InChI is InChI=1S/C32H45NO7/c1-19(34)30(38)14-21-8-11-25(29(37)12-9-22-15-32(40-2)31(39)17-26(21)22)28(36)6-4-3-5-20-13-23-7-10-24(35)16-27(23)33-18-20/h15,17,19-21,23,25,27-28,30,33-34,36,38-39H,3-7,9-10,12-14,16,18H2,1-2H3/t19-,20-,21-,23+,25+,27+,28+,30-/m0/s1. The molecular formula is C32H45NO7. The van der Waals surface area contributed by atoms with Gasteiger partial charge in [0, 0.05) is 31.2 Å². The number of aliphatic hydroxyl groups is 3. The molecule has 0 spiro atoms. The van der Waals surface area contributed by atoms with Crippen molar-refractivity contribution in [2.24, 2.45) is 17.8 Å². The summed E-state index contributed by atoms with van der Waals surface area (Å²) in [5, 5.41) is 45.4. The van der Waals surface area contributed by atoms with Crippen LogP contribution in [0, 0.1) is 29.6 Å². The summed E-state index contributed by atoms with van der Waals surface area (Å²) in [5.74, 6) is 6.44. The van der Waals surface area contributed by atoms with Crippen LogP contribution in [0.3, 0.4) is 0 Å². The Kier molecular flexibility index (Phi) is 10.6. The minimum atomic E-state index is -1.03. The molecule has 8 nitrogen and oxygen atoms in total. The maximum Gasteiger partial charge on any atom is 0.160 e. The van der Waals surface area contributed by atoms with E-state index in [0.29, 0.717) is 60.7 Å². The summed E-state index contributed by atoms with van der Waals surface area (Å²) in [6.45, 7) is 2.44. The van der Waals surface area contributed by atoms with Crippen LogP contribution in [-0.4, -0.2) is 70.0 Å². The fourth-order valence-electron chi connectivity index (χ4n) is 6.61. The van der Waals surface area contributed by atoms with E-state index < -0.39 is 30.1 Å². The molecule has 0 bridgehead atoms. The third kappa shape index (κ3) is 7.64. The van der Waals surface area contributed by atoms with Gasteiger partial charge in [-0.05, 0) is 87.1 Å². The fourth-order valence-corrected chi connectivity index (χ4v) is 6.61. The summed E-state index contributed by atoms with van der Waals surface area (Å²) < 4.78 is 5.27. The summed E-state index contributed by atoms with van der Waals surface area (Å²) in [7, 11) is 1.46. The molecule has 0 amide bonds. The van der Waals surface area contributed by atoms with Crippen molar-refractivity contribution in [3.63, 3.8) is 0 Å². The van der Waals surface area contributed by atoms with Crippen LogP contribution in [-0.2, 0) is 16.0 Å². The highest BCUT2D eigenvalue weighted by Gasteiger charge is 2.34. The zero-order valence-electron chi connectivity index (χ0n) is 23.8. The molecule has 8 heteroatoms. The van der Waals surface area contributed by atoms with Crippen molar-refractivity contribution in [1.82, 2.24) is 5.32 Å². The monoisotopic (exact) mass is 555 g/mol. The number of Topliss-reactive ketones (excluding diaryl/α,β-unsaturated/α-hetero) is 2. The van der Waals surface area contributed by atoms with Gasteiger partial charge in [-0.1, -0.05) is 24.7 Å². The number of ether oxygens (including phenoxy) is 1. The van der Waals surface area contributed by atoms with E-state index in [-0.39, 0.29) is 24.4 Å². The Hall–Kier alpha value is -2.44. The van der Waals surface area contributed by atoms with Crippen LogP contribution in [0.1, 0.15) is 88.2 Å². The number of rotatable bonds is 10. The second-order valence-electron chi connectivity index (χ2n) is 12.1. The van der Waals surface area contributed by atoms with Crippen LogP contribution in [0.25, 0.3) is 0 Å². The molecule has 3 aliphatic rings. The Morgan fingerprint density at radius 1 is 1.10 bits per heavy atom. The van der Waals surface area contributed by atoms with Crippen molar-refractivity contribution in [1.29, 1.82) is 0 Å². The number of fused-ring (bicyclic) bond motifs is 2. The molecule has 1 aliphatic heterocycles. The van der Waals surface area contributed by atoms with E-state index in [0.717, 1.165) is 44.2 Å². The van der Waals surface area contributed by atoms with Crippen molar-refractivity contribution in [2.75, 3.05) is 13.7 Å². The molecule has 0 radical (unpaired) electrons. The van der Waals surface area contributed by atoms with Crippen molar-refractivity contribution in [3.05, 3.63) is 23.3 Å². The van der Waals surface area contributed by atoms with E-state index in [9.17, 15) is 30.0 Å². The Labute approximate surface area is 237 Å². The number of aliphatic hydroxyl groups excluding tert-OH is 3. The van der Waals surface area contributed by atoms with E-state index in [2.05, 4.69) is 17.2 Å². The molecular weight excluding hydrogens is 510 g/mol. The number of phenols is 1. The average molecular weight is 556 g/mol. The van der Waals surface area contributed by atoms with Crippen molar-refractivity contribution >= 4 is 11.6 Å². The maximum atomic E-state index is 13.2. The van der Waals surface area contributed by atoms with Crippen LogP contribution in [0.15, 0.2) is 12.1 Å². The number of phenolic OH excluding ortho intramolecular Hbond substituents is 1. The molecule has 40 heavy (non-hydrogen) atoms. The van der Waals surface area contributed by atoms with Crippen LogP contribution in [0.5, 0.6) is 11.5 Å². The normalized spacial score (nSPS) is 29.0. The third-order valence-corrected chi connectivity index (χ3v) is 9.11. The summed E-state index contributed by atoms with van der Waals surface area (Å²) in [5.41, 5.74) is 1.49. The van der Waals surface area contributed by atoms with Crippen LogP contribution >= 0.6 is 0 Å². The van der Waals surface area contributed by atoms with E-state index in [1.165, 1.54) is 14.0 Å². The van der Waals surface area contributed by atoms with Gasteiger partial charge < -0.3 is 30.5 Å². The van der Waals surface area contributed by atoms with E-state index in [1.54, 1.807) is 12.1 Å². The number of carbonyl (C=O) groups excluding carboxylic acids is 2. The van der Waals surface area contributed by atoms with Gasteiger partial charge in [0.05, 0.1) is 25.4 Å². The molecule has 1 aromatic carbocycles. The minimum Gasteiger partial charge on any atom is -0.504 e. The number of ketones is 2. The van der Waals surface area contributed by atoms with Crippen molar-refractivity contribution in [3.8, 4) is 23.3 Å². The minimum absolute atomic E-state index is 0.0533. The molecule has 4 rings (SSSR count). The summed E-state index contributed by atoms with van der Waals surface area (Å²) in [6.07, 6.45) is 4.64. The van der Waals surface area contributed by atoms with Crippen LogP contribution < -0.4 is 10.1 Å². The van der Waals surface area contributed by atoms with Gasteiger partial charge in [-0.15, -0.1) is 0 Å². The molecule has 0 aromatic heterocycles. The number of hydrogen-bond acceptors (Lipinski definition) is 8. The van der Waals surface area contributed by atoms with Crippen molar-refractivity contribution in [2.45, 2.75) is 108 Å². The van der Waals surface area contributed by atoms with E-state index in [4.69, 9.17) is 4.74 Å². The van der Waals surface area contributed by atoms with Crippen LogP contribution in [0.2, 0.25) is 0 Å². The molecule has 2 aliphatic carbocycles. The lowest BCUT2D eigenvalue weighted by molar-refractivity contribution is -0.124. The van der Waals surface area contributed by atoms with E-state index in [1.807, 2.05) is 0 Å². The molecule has 2 fully saturated rings. The molecule has 1 aromatic rings. The second-order valence-corrected chi connectivity index (χ2v) is 12.1.